The van der Waals surface area contributed by atoms with Gasteiger partial charge in [-0.05, 0) is 26.0 Å². The first-order valence-electron chi connectivity index (χ1n) is 4.64. The molecule has 2 heterocycles. The molecule has 15 heavy (non-hydrogen) atoms. The molecule has 0 aliphatic heterocycles. The van der Waals surface area contributed by atoms with E-state index < -0.39 is 0 Å². The first-order valence-corrected chi connectivity index (χ1v) is 4.64. The van der Waals surface area contributed by atoms with Crippen molar-refractivity contribution >= 4 is 5.82 Å². The third-order valence-electron chi connectivity index (χ3n) is 2.20. The summed E-state index contributed by atoms with van der Waals surface area (Å²) in [5.41, 5.74) is 4.77. The van der Waals surface area contributed by atoms with Gasteiger partial charge in [0.05, 0.1) is 0 Å². The third kappa shape index (κ3) is 1.76. The predicted octanol–water partition coefficient (Wildman–Crippen LogP) is 1.06. The van der Waals surface area contributed by atoms with E-state index in [0.29, 0.717) is 5.82 Å². The lowest BCUT2D eigenvalue weighted by molar-refractivity contribution is 0.862. The SMILES string of the molecule is Cc1ccc(C)n1Nc1ncc[nH]c1=O. The Morgan fingerprint density at radius 2 is 2.00 bits per heavy atom. The number of hydrogen-bond acceptors (Lipinski definition) is 3. The first-order chi connectivity index (χ1) is 7.18. The van der Waals surface area contributed by atoms with Gasteiger partial charge in [-0.2, -0.15) is 0 Å². The molecule has 0 atom stereocenters. The highest BCUT2D eigenvalue weighted by Crippen LogP contribution is 2.06. The van der Waals surface area contributed by atoms with Gasteiger partial charge in [-0.1, -0.05) is 0 Å². The van der Waals surface area contributed by atoms with E-state index in [9.17, 15) is 4.79 Å². The Kier molecular flexibility index (Phi) is 2.29. The average molecular weight is 204 g/mol. The lowest BCUT2D eigenvalue weighted by Gasteiger charge is -2.10. The minimum Gasteiger partial charge on any atom is -0.324 e. The zero-order valence-electron chi connectivity index (χ0n) is 8.61. The molecule has 5 heteroatoms. The largest absolute Gasteiger partial charge is 0.324 e. The smallest absolute Gasteiger partial charge is 0.292 e. The summed E-state index contributed by atoms with van der Waals surface area (Å²) in [6.07, 6.45) is 3.04. The number of aromatic amines is 1. The molecule has 0 bridgehead atoms. The average Bonchev–Trinajstić information content (AvgIpc) is 2.53. The van der Waals surface area contributed by atoms with E-state index in [-0.39, 0.29) is 5.56 Å². The second-order valence-electron chi connectivity index (χ2n) is 3.33. The molecule has 2 aromatic heterocycles. The number of rotatable bonds is 2. The summed E-state index contributed by atoms with van der Waals surface area (Å²) in [7, 11) is 0. The second kappa shape index (κ2) is 3.61. The molecule has 0 aliphatic carbocycles. The van der Waals surface area contributed by atoms with Crippen molar-refractivity contribution in [3.05, 3.63) is 46.3 Å². The van der Waals surface area contributed by atoms with Crippen LogP contribution in [-0.4, -0.2) is 14.6 Å². The molecule has 0 saturated carbocycles. The van der Waals surface area contributed by atoms with E-state index in [1.807, 2.05) is 30.7 Å². The van der Waals surface area contributed by atoms with Crippen molar-refractivity contribution in [2.45, 2.75) is 13.8 Å². The van der Waals surface area contributed by atoms with Gasteiger partial charge < -0.3 is 4.98 Å². The van der Waals surface area contributed by atoms with E-state index in [1.54, 1.807) is 0 Å². The number of aryl methyl sites for hydroxylation is 2. The first kappa shape index (κ1) is 9.51. The third-order valence-corrected chi connectivity index (χ3v) is 2.20. The van der Waals surface area contributed by atoms with Crippen LogP contribution in [0.1, 0.15) is 11.4 Å². The van der Waals surface area contributed by atoms with Gasteiger partial charge >= 0.3 is 0 Å². The molecular formula is C10H12N4O. The topological polar surface area (TPSA) is 62.7 Å². The van der Waals surface area contributed by atoms with Crippen molar-refractivity contribution in [2.24, 2.45) is 0 Å². The quantitative estimate of drug-likeness (QED) is 0.769. The Morgan fingerprint density at radius 3 is 2.60 bits per heavy atom. The maximum Gasteiger partial charge on any atom is 0.292 e. The second-order valence-corrected chi connectivity index (χ2v) is 3.33. The maximum absolute atomic E-state index is 11.4. The lowest BCUT2D eigenvalue weighted by Crippen LogP contribution is -2.21. The Labute approximate surface area is 86.8 Å². The summed E-state index contributed by atoms with van der Waals surface area (Å²) in [5, 5.41) is 0. The molecule has 0 fully saturated rings. The standard InChI is InChI=1S/C10H12N4O/c1-7-3-4-8(2)14(7)13-9-10(15)12-6-5-11-9/h3-6H,1-2H3,(H,11,13)(H,12,15). The summed E-state index contributed by atoms with van der Waals surface area (Å²) in [6, 6.07) is 3.94. The van der Waals surface area contributed by atoms with Crippen molar-refractivity contribution in [2.75, 3.05) is 5.43 Å². The minimum atomic E-state index is -0.231. The van der Waals surface area contributed by atoms with Crippen LogP contribution in [0.5, 0.6) is 0 Å². The van der Waals surface area contributed by atoms with Crippen LogP contribution in [0.2, 0.25) is 0 Å². The molecule has 0 aromatic carbocycles. The number of hydrogen-bond donors (Lipinski definition) is 2. The van der Waals surface area contributed by atoms with E-state index in [1.165, 1.54) is 12.4 Å². The molecule has 0 aliphatic rings. The van der Waals surface area contributed by atoms with E-state index in [2.05, 4.69) is 15.4 Å². The molecule has 2 rings (SSSR count). The van der Waals surface area contributed by atoms with Crippen molar-refractivity contribution < 1.29 is 0 Å². The molecule has 2 aromatic rings. The molecule has 2 N–H and O–H groups in total. The van der Waals surface area contributed by atoms with Crippen LogP contribution >= 0.6 is 0 Å². The van der Waals surface area contributed by atoms with Gasteiger partial charge in [0, 0.05) is 23.8 Å². The van der Waals surface area contributed by atoms with Crippen LogP contribution in [0.15, 0.2) is 29.3 Å². The van der Waals surface area contributed by atoms with Crippen molar-refractivity contribution in [1.82, 2.24) is 14.6 Å². The zero-order valence-corrected chi connectivity index (χ0v) is 8.61. The van der Waals surface area contributed by atoms with Crippen LogP contribution < -0.4 is 11.0 Å². The van der Waals surface area contributed by atoms with E-state index in [4.69, 9.17) is 0 Å². The summed E-state index contributed by atoms with van der Waals surface area (Å²) in [6.45, 7) is 3.91. The number of nitrogens with one attached hydrogen (secondary N) is 2. The van der Waals surface area contributed by atoms with Crippen LogP contribution in [0.25, 0.3) is 0 Å². The zero-order chi connectivity index (χ0) is 10.8. The molecule has 0 amide bonds. The predicted molar refractivity (Wildman–Crippen MR) is 57.8 cm³/mol. The molecule has 5 nitrogen and oxygen atoms in total. The summed E-state index contributed by atoms with van der Waals surface area (Å²) >= 11 is 0. The van der Waals surface area contributed by atoms with Crippen molar-refractivity contribution in [3.8, 4) is 0 Å². The van der Waals surface area contributed by atoms with Gasteiger partial charge in [-0.3, -0.25) is 14.9 Å². The molecule has 0 unspecified atom stereocenters. The minimum absolute atomic E-state index is 0.231. The molecule has 0 saturated heterocycles. The molecular weight excluding hydrogens is 192 g/mol. The maximum atomic E-state index is 11.4. The summed E-state index contributed by atoms with van der Waals surface area (Å²) in [5.74, 6) is 0.292. The Bertz CT molecular complexity index is 507. The number of anilines is 1. The fourth-order valence-corrected chi connectivity index (χ4v) is 1.38. The number of aromatic nitrogens is 3. The van der Waals surface area contributed by atoms with E-state index >= 15 is 0 Å². The van der Waals surface area contributed by atoms with Gasteiger partial charge in [0.1, 0.15) is 0 Å². The van der Waals surface area contributed by atoms with Gasteiger partial charge in [-0.25, -0.2) is 4.98 Å². The van der Waals surface area contributed by atoms with Gasteiger partial charge in [0.2, 0.25) is 5.82 Å². The van der Waals surface area contributed by atoms with Gasteiger partial charge in [-0.15, -0.1) is 0 Å². The van der Waals surface area contributed by atoms with Crippen LogP contribution in [0, 0.1) is 13.8 Å². The molecule has 0 spiro atoms. The van der Waals surface area contributed by atoms with Crippen molar-refractivity contribution in [1.29, 1.82) is 0 Å². The van der Waals surface area contributed by atoms with E-state index in [0.717, 1.165) is 11.4 Å². The lowest BCUT2D eigenvalue weighted by atomic mass is 10.5. The molecule has 78 valence electrons. The van der Waals surface area contributed by atoms with Crippen LogP contribution in [0.4, 0.5) is 5.82 Å². The summed E-state index contributed by atoms with van der Waals surface area (Å²) in [4.78, 5) is 17.9. The number of nitrogens with zero attached hydrogens (tertiary/aromatic N) is 2. The monoisotopic (exact) mass is 204 g/mol. The van der Waals surface area contributed by atoms with Gasteiger partial charge in [0.15, 0.2) is 0 Å². The Hall–Kier alpha value is -2.04. The normalized spacial score (nSPS) is 10.3. The highest BCUT2D eigenvalue weighted by atomic mass is 16.1. The molecule has 0 radical (unpaired) electrons. The van der Waals surface area contributed by atoms with Crippen molar-refractivity contribution in [3.63, 3.8) is 0 Å². The highest BCUT2D eigenvalue weighted by Gasteiger charge is 2.03. The fraction of sp³-hybridized carbons (Fsp3) is 0.200. The Morgan fingerprint density at radius 1 is 1.33 bits per heavy atom. The Balaban J connectivity index is 2.38. The summed E-state index contributed by atoms with van der Waals surface area (Å²) < 4.78 is 1.82. The van der Waals surface area contributed by atoms with Crippen LogP contribution in [0.3, 0.4) is 0 Å². The van der Waals surface area contributed by atoms with Gasteiger partial charge in [0.25, 0.3) is 5.56 Å². The highest BCUT2D eigenvalue weighted by molar-refractivity contribution is 5.32. The fourth-order valence-electron chi connectivity index (χ4n) is 1.38. The number of H-pyrrole nitrogens is 1. The van der Waals surface area contributed by atoms with Crippen LogP contribution in [-0.2, 0) is 0 Å².